The summed E-state index contributed by atoms with van der Waals surface area (Å²) in [4.78, 5) is 16.2. The number of aromatic nitrogens is 1. The van der Waals surface area contributed by atoms with Crippen LogP contribution in [0.15, 0.2) is 59.3 Å². The molecule has 0 bridgehead atoms. The third-order valence-electron chi connectivity index (χ3n) is 3.39. The van der Waals surface area contributed by atoms with Crippen molar-refractivity contribution in [1.29, 1.82) is 0 Å². The Morgan fingerprint density at radius 1 is 1.17 bits per heavy atom. The highest BCUT2D eigenvalue weighted by atomic mass is 32.2. The van der Waals surface area contributed by atoms with Gasteiger partial charge in [-0.1, -0.05) is 18.2 Å². The van der Waals surface area contributed by atoms with Crippen LogP contribution in [-0.2, 0) is 14.8 Å². The minimum Gasteiger partial charge on any atom is -0.505 e. The predicted octanol–water partition coefficient (Wildman–Crippen LogP) is 1.41. The van der Waals surface area contributed by atoms with E-state index in [1.165, 1.54) is 31.4 Å². The molecule has 23 heavy (non-hydrogen) atoms. The molecule has 1 aromatic heterocycles. The van der Waals surface area contributed by atoms with Crippen molar-refractivity contribution in [1.82, 2.24) is 14.6 Å². The molecule has 1 aliphatic rings. The van der Waals surface area contributed by atoms with Gasteiger partial charge in [0.15, 0.2) is 5.76 Å². The van der Waals surface area contributed by atoms with Gasteiger partial charge in [-0.15, -0.1) is 0 Å². The fourth-order valence-electron chi connectivity index (χ4n) is 2.24. The van der Waals surface area contributed by atoms with E-state index in [0.717, 1.165) is 4.31 Å². The molecule has 0 saturated carbocycles. The molecule has 0 atom stereocenters. The molecule has 1 N–H and O–H groups in total. The van der Waals surface area contributed by atoms with Crippen molar-refractivity contribution in [2.45, 2.75) is 4.90 Å². The van der Waals surface area contributed by atoms with Gasteiger partial charge in [-0.25, -0.2) is 13.2 Å². The van der Waals surface area contributed by atoms with Gasteiger partial charge in [-0.05, 0) is 18.2 Å². The van der Waals surface area contributed by atoms with Crippen LogP contribution in [0, 0.1) is 0 Å². The van der Waals surface area contributed by atoms with Crippen molar-refractivity contribution in [3.63, 3.8) is 0 Å². The van der Waals surface area contributed by atoms with Gasteiger partial charge >= 0.3 is 11.7 Å². The first kappa shape index (κ1) is 15.2. The summed E-state index contributed by atoms with van der Waals surface area (Å²) in [7, 11) is -2.73. The van der Waals surface area contributed by atoms with Crippen LogP contribution in [0.1, 0.15) is 5.56 Å². The number of aliphatic hydroxyl groups is 1. The number of hydrogen-bond acceptors (Lipinski definition) is 5. The minimum atomic E-state index is -3.93. The lowest BCUT2D eigenvalue weighted by atomic mass is 10.1. The molecule has 3 rings (SSSR count). The van der Waals surface area contributed by atoms with Gasteiger partial charge in [0, 0.05) is 24.9 Å². The number of pyridine rings is 1. The molecule has 0 aliphatic carbocycles. The first-order valence-electron chi connectivity index (χ1n) is 6.61. The molecule has 116 valence electrons. The van der Waals surface area contributed by atoms with Crippen molar-refractivity contribution in [2.24, 2.45) is 0 Å². The maximum Gasteiger partial charge on any atom is 0.482 e. The topological polar surface area (TPSA) is 102 Å². The van der Waals surface area contributed by atoms with E-state index in [1.807, 2.05) is 0 Å². The molecular weight excluding hydrogens is 318 g/mol. The second-order valence-electron chi connectivity index (χ2n) is 4.77. The van der Waals surface area contributed by atoms with Gasteiger partial charge in [0.2, 0.25) is 11.0 Å². The number of hydrogen-bond donors (Lipinski definition) is 1. The Morgan fingerprint density at radius 3 is 2.57 bits per heavy atom. The summed E-state index contributed by atoms with van der Waals surface area (Å²) in [6, 6.07) is 10.7. The van der Waals surface area contributed by atoms with E-state index in [2.05, 4.69) is 10.3 Å². The Balaban J connectivity index is 2.09. The standard InChI is InChI=1S/C15H12N3O4S/c1-18-13(15(20)17-12-8-4-5-9-16-12)14(19)10-6-2-3-7-11(10)23(18,21)22/h2-9,19H,1H3/q+1. The highest BCUT2D eigenvalue weighted by Gasteiger charge is 2.43. The molecule has 8 heteroatoms. The number of nitrogens with zero attached hydrogens (tertiary/aromatic N) is 3. The first-order valence-corrected chi connectivity index (χ1v) is 8.05. The lowest BCUT2D eigenvalue weighted by Gasteiger charge is -2.25. The Labute approximate surface area is 132 Å². The van der Waals surface area contributed by atoms with Crippen LogP contribution in [0.2, 0.25) is 0 Å². The number of aliphatic hydroxyl groups excluding tert-OH is 1. The zero-order valence-electron chi connectivity index (χ0n) is 12.0. The second kappa shape index (κ2) is 5.49. The van der Waals surface area contributed by atoms with Crippen LogP contribution in [0.25, 0.3) is 5.76 Å². The normalized spacial score (nSPS) is 16.1. The SMILES string of the molecule is CN1C(C(=O)[N+]c2ccccn2)=C(O)c2ccccc2S1(=O)=O. The van der Waals surface area contributed by atoms with Gasteiger partial charge in [-0.3, -0.25) is 4.31 Å². The summed E-state index contributed by atoms with van der Waals surface area (Å²) in [6.45, 7) is 0. The first-order chi connectivity index (χ1) is 10.9. The quantitative estimate of drug-likeness (QED) is 0.897. The van der Waals surface area contributed by atoms with Crippen molar-refractivity contribution < 1.29 is 18.3 Å². The molecule has 1 aromatic carbocycles. The van der Waals surface area contributed by atoms with Crippen molar-refractivity contribution >= 4 is 27.5 Å². The number of rotatable bonds is 2. The van der Waals surface area contributed by atoms with E-state index in [1.54, 1.807) is 24.3 Å². The van der Waals surface area contributed by atoms with Crippen LogP contribution in [-0.4, -0.2) is 35.8 Å². The van der Waals surface area contributed by atoms with E-state index in [9.17, 15) is 18.3 Å². The van der Waals surface area contributed by atoms with Crippen molar-refractivity contribution in [2.75, 3.05) is 7.05 Å². The summed E-state index contributed by atoms with van der Waals surface area (Å²) < 4.78 is 25.7. The largest absolute Gasteiger partial charge is 0.505 e. The number of benzene rings is 1. The number of amides is 1. The molecule has 0 unspecified atom stereocenters. The number of carbonyl (C=O) groups excluding carboxylic acids is 1. The van der Waals surface area contributed by atoms with Crippen molar-refractivity contribution in [3.8, 4) is 0 Å². The van der Waals surface area contributed by atoms with Crippen LogP contribution >= 0.6 is 0 Å². The van der Waals surface area contributed by atoms with Crippen molar-refractivity contribution in [3.05, 3.63) is 59.9 Å². The third-order valence-corrected chi connectivity index (χ3v) is 5.20. The van der Waals surface area contributed by atoms with E-state index in [4.69, 9.17) is 0 Å². The average Bonchev–Trinajstić information content (AvgIpc) is 2.54. The lowest BCUT2D eigenvalue weighted by Crippen LogP contribution is -2.37. The highest BCUT2D eigenvalue weighted by Crippen LogP contribution is 2.34. The van der Waals surface area contributed by atoms with E-state index >= 15 is 0 Å². The number of fused-ring (bicyclic) bond motifs is 1. The van der Waals surface area contributed by atoms with Gasteiger partial charge in [0.05, 0.1) is 4.90 Å². The van der Waals surface area contributed by atoms with E-state index in [0.29, 0.717) is 0 Å². The Hall–Kier alpha value is -2.71. The molecule has 0 spiro atoms. The predicted molar refractivity (Wildman–Crippen MR) is 82.0 cm³/mol. The van der Waals surface area contributed by atoms with Gasteiger partial charge in [0.1, 0.15) is 0 Å². The zero-order valence-corrected chi connectivity index (χ0v) is 12.9. The maximum atomic E-state index is 12.5. The van der Waals surface area contributed by atoms with Gasteiger partial charge < -0.3 is 5.11 Å². The Morgan fingerprint density at radius 2 is 1.87 bits per heavy atom. The molecule has 0 fully saturated rings. The number of carbonyl (C=O) groups is 1. The number of sulfonamides is 1. The summed E-state index contributed by atoms with van der Waals surface area (Å²) in [5, 5.41) is 14.1. The van der Waals surface area contributed by atoms with Crippen LogP contribution in [0.4, 0.5) is 5.82 Å². The summed E-state index contributed by atoms with van der Waals surface area (Å²) in [5.41, 5.74) is -0.334. The fraction of sp³-hybridized carbons (Fsp3) is 0.0667. The monoisotopic (exact) mass is 330 g/mol. The molecule has 0 saturated heterocycles. The lowest BCUT2D eigenvalue weighted by molar-refractivity contribution is -0.117. The molecule has 2 heterocycles. The zero-order chi connectivity index (χ0) is 16.6. The third kappa shape index (κ3) is 2.47. The molecule has 1 amide bonds. The van der Waals surface area contributed by atoms with E-state index < -0.39 is 27.4 Å². The fourth-order valence-corrected chi connectivity index (χ4v) is 3.64. The summed E-state index contributed by atoms with van der Waals surface area (Å²) in [6.07, 6.45) is 1.46. The van der Waals surface area contributed by atoms with Gasteiger partial charge in [0.25, 0.3) is 10.0 Å². The maximum absolute atomic E-state index is 12.5. The smallest absolute Gasteiger partial charge is 0.482 e. The van der Waals surface area contributed by atoms with Crippen LogP contribution in [0.5, 0.6) is 0 Å². The second-order valence-corrected chi connectivity index (χ2v) is 6.71. The van der Waals surface area contributed by atoms with Crippen LogP contribution in [0.3, 0.4) is 0 Å². The molecule has 2 aromatic rings. The average molecular weight is 330 g/mol. The molecular formula is C15H12N3O4S+. The Kier molecular flexibility index (Phi) is 3.63. The summed E-state index contributed by atoms with van der Waals surface area (Å²) in [5.74, 6) is -1.19. The van der Waals surface area contributed by atoms with E-state index in [-0.39, 0.29) is 16.3 Å². The Bertz CT molecular complexity index is 907. The van der Waals surface area contributed by atoms with Gasteiger partial charge in [-0.2, -0.15) is 4.98 Å². The highest BCUT2D eigenvalue weighted by molar-refractivity contribution is 7.89. The van der Waals surface area contributed by atoms with Crippen LogP contribution < -0.4 is 5.32 Å². The molecule has 1 aliphatic heterocycles. The molecule has 7 nitrogen and oxygen atoms in total. The summed E-state index contributed by atoms with van der Waals surface area (Å²) >= 11 is 0. The minimum absolute atomic E-state index is 0.0608. The molecule has 2 radical (unpaired) electrons. The number of likely N-dealkylation sites (N-methyl/N-ethyl adjacent to an activating group) is 1.